The SMILES string of the molecule is CC1CN(C(=O)C2NCC3CCCC32)CC1N(C)C. The molecule has 0 spiro atoms. The van der Waals surface area contributed by atoms with E-state index in [9.17, 15) is 4.79 Å². The smallest absolute Gasteiger partial charge is 0.240 e. The first-order chi connectivity index (χ1) is 9.08. The van der Waals surface area contributed by atoms with Gasteiger partial charge in [0.1, 0.15) is 0 Å². The van der Waals surface area contributed by atoms with E-state index in [1.54, 1.807) is 0 Å². The summed E-state index contributed by atoms with van der Waals surface area (Å²) in [5, 5.41) is 3.49. The molecule has 1 saturated carbocycles. The van der Waals surface area contributed by atoms with Crippen molar-refractivity contribution in [3.05, 3.63) is 0 Å². The van der Waals surface area contributed by atoms with Crippen LogP contribution in [0.3, 0.4) is 0 Å². The highest BCUT2D eigenvalue weighted by Crippen LogP contribution is 2.38. The number of nitrogens with zero attached hydrogens (tertiary/aromatic N) is 2. The Bertz CT molecular complexity index is 357. The van der Waals surface area contributed by atoms with Crippen LogP contribution in [0.25, 0.3) is 0 Å². The van der Waals surface area contributed by atoms with Gasteiger partial charge >= 0.3 is 0 Å². The summed E-state index contributed by atoms with van der Waals surface area (Å²) in [5.74, 6) is 2.32. The van der Waals surface area contributed by atoms with Crippen LogP contribution < -0.4 is 5.32 Å². The maximum Gasteiger partial charge on any atom is 0.240 e. The predicted octanol–water partition coefficient (Wildman–Crippen LogP) is 0.783. The van der Waals surface area contributed by atoms with E-state index in [0.717, 1.165) is 25.6 Å². The second-order valence-corrected chi connectivity index (χ2v) is 6.99. The van der Waals surface area contributed by atoms with Crippen LogP contribution in [0.5, 0.6) is 0 Å². The summed E-state index contributed by atoms with van der Waals surface area (Å²) in [6.45, 7) is 5.15. The van der Waals surface area contributed by atoms with Crippen molar-refractivity contribution in [2.24, 2.45) is 17.8 Å². The number of likely N-dealkylation sites (N-methyl/N-ethyl adjacent to an activating group) is 1. The summed E-state index contributed by atoms with van der Waals surface area (Å²) in [4.78, 5) is 17.1. The fraction of sp³-hybridized carbons (Fsp3) is 0.933. The average Bonchev–Trinajstić information content (AvgIpc) is 3.00. The molecule has 1 aliphatic carbocycles. The van der Waals surface area contributed by atoms with Crippen molar-refractivity contribution >= 4 is 5.91 Å². The van der Waals surface area contributed by atoms with E-state index < -0.39 is 0 Å². The van der Waals surface area contributed by atoms with Gasteiger partial charge in [0.25, 0.3) is 0 Å². The lowest BCUT2D eigenvalue weighted by Crippen LogP contribution is -2.46. The summed E-state index contributed by atoms with van der Waals surface area (Å²) in [5.41, 5.74) is 0. The second-order valence-electron chi connectivity index (χ2n) is 6.99. The molecular formula is C15H27N3O. The summed E-state index contributed by atoms with van der Waals surface area (Å²) < 4.78 is 0. The van der Waals surface area contributed by atoms with Gasteiger partial charge in [-0.05, 0) is 51.2 Å². The first-order valence-electron chi connectivity index (χ1n) is 7.76. The fourth-order valence-corrected chi connectivity index (χ4v) is 4.46. The van der Waals surface area contributed by atoms with Gasteiger partial charge in [0.05, 0.1) is 6.04 Å². The molecule has 1 amide bonds. The molecule has 3 rings (SSSR count). The van der Waals surface area contributed by atoms with Gasteiger partial charge in [-0.25, -0.2) is 0 Å². The molecule has 4 nitrogen and oxygen atoms in total. The Morgan fingerprint density at radius 3 is 2.74 bits per heavy atom. The molecule has 19 heavy (non-hydrogen) atoms. The van der Waals surface area contributed by atoms with Crippen molar-refractivity contribution in [1.29, 1.82) is 0 Å². The maximum atomic E-state index is 12.7. The van der Waals surface area contributed by atoms with Crippen LogP contribution in [-0.4, -0.2) is 61.5 Å². The van der Waals surface area contributed by atoms with Gasteiger partial charge in [0, 0.05) is 19.1 Å². The number of fused-ring (bicyclic) bond motifs is 1. The second kappa shape index (κ2) is 5.06. The minimum Gasteiger partial charge on any atom is -0.339 e. The van der Waals surface area contributed by atoms with Gasteiger partial charge in [-0.1, -0.05) is 13.3 Å². The third kappa shape index (κ3) is 2.29. The van der Waals surface area contributed by atoms with Crippen LogP contribution in [-0.2, 0) is 4.79 Å². The van der Waals surface area contributed by atoms with Crippen molar-refractivity contribution in [1.82, 2.24) is 15.1 Å². The van der Waals surface area contributed by atoms with Gasteiger partial charge in [0.2, 0.25) is 5.91 Å². The minimum atomic E-state index is 0.112. The van der Waals surface area contributed by atoms with Crippen molar-refractivity contribution in [3.8, 4) is 0 Å². The van der Waals surface area contributed by atoms with Gasteiger partial charge in [-0.3, -0.25) is 4.79 Å². The highest BCUT2D eigenvalue weighted by molar-refractivity contribution is 5.83. The van der Waals surface area contributed by atoms with Gasteiger partial charge in [-0.2, -0.15) is 0 Å². The summed E-state index contributed by atoms with van der Waals surface area (Å²) in [7, 11) is 4.24. The zero-order valence-corrected chi connectivity index (χ0v) is 12.4. The Labute approximate surface area is 116 Å². The molecule has 0 aromatic carbocycles. The lowest BCUT2D eigenvalue weighted by molar-refractivity contribution is -0.133. The fourth-order valence-electron chi connectivity index (χ4n) is 4.46. The molecule has 4 heteroatoms. The number of hydrogen-bond donors (Lipinski definition) is 1. The molecule has 2 aliphatic heterocycles. The molecule has 2 heterocycles. The Balaban J connectivity index is 1.65. The van der Waals surface area contributed by atoms with E-state index >= 15 is 0 Å². The average molecular weight is 265 g/mol. The summed E-state index contributed by atoms with van der Waals surface area (Å²) in [6.07, 6.45) is 3.88. The number of amides is 1. The molecule has 3 fully saturated rings. The quantitative estimate of drug-likeness (QED) is 0.801. The van der Waals surface area contributed by atoms with E-state index in [-0.39, 0.29) is 6.04 Å². The number of carbonyl (C=O) groups is 1. The van der Waals surface area contributed by atoms with Gasteiger partial charge < -0.3 is 15.1 Å². The van der Waals surface area contributed by atoms with E-state index in [1.165, 1.54) is 19.3 Å². The van der Waals surface area contributed by atoms with Crippen molar-refractivity contribution in [2.45, 2.75) is 38.3 Å². The molecule has 0 radical (unpaired) electrons. The standard InChI is InChI=1S/C15H27N3O/c1-10-8-18(9-13(10)17(2)3)15(19)14-12-6-4-5-11(12)7-16-14/h10-14,16H,4-9H2,1-3H3. The Morgan fingerprint density at radius 1 is 1.26 bits per heavy atom. The maximum absolute atomic E-state index is 12.7. The first kappa shape index (κ1) is 13.4. The normalized spacial score (nSPS) is 42.1. The van der Waals surface area contributed by atoms with Gasteiger partial charge in [0.15, 0.2) is 0 Å². The molecule has 3 aliphatic rings. The largest absolute Gasteiger partial charge is 0.339 e. The Kier molecular flexibility index (Phi) is 3.56. The van der Waals surface area contributed by atoms with E-state index in [2.05, 4.69) is 36.1 Å². The Hall–Kier alpha value is -0.610. The van der Waals surface area contributed by atoms with Crippen LogP contribution in [0.4, 0.5) is 0 Å². The summed E-state index contributed by atoms with van der Waals surface area (Å²) in [6, 6.07) is 0.630. The zero-order valence-electron chi connectivity index (χ0n) is 12.4. The number of hydrogen-bond acceptors (Lipinski definition) is 3. The summed E-state index contributed by atoms with van der Waals surface area (Å²) >= 11 is 0. The van der Waals surface area contributed by atoms with Crippen LogP contribution in [0.15, 0.2) is 0 Å². The van der Waals surface area contributed by atoms with Crippen molar-refractivity contribution in [3.63, 3.8) is 0 Å². The number of carbonyl (C=O) groups excluding carboxylic acids is 1. The monoisotopic (exact) mass is 265 g/mol. The van der Waals surface area contributed by atoms with E-state index in [0.29, 0.717) is 23.8 Å². The highest BCUT2D eigenvalue weighted by Gasteiger charge is 2.45. The Morgan fingerprint density at radius 2 is 2.05 bits per heavy atom. The number of nitrogens with one attached hydrogen (secondary N) is 1. The lowest BCUT2D eigenvalue weighted by Gasteiger charge is -2.25. The first-order valence-corrected chi connectivity index (χ1v) is 7.76. The number of likely N-dealkylation sites (tertiary alicyclic amines) is 1. The predicted molar refractivity (Wildman–Crippen MR) is 75.8 cm³/mol. The van der Waals surface area contributed by atoms with Crippen LogP contribution in [0, 0.1) is 17.8 Å². The minimum absolute atomic E-state index is 0.112. The van der Waals surface area contributed by atoms with Crippen molar-refractivity contribution in [2.75, 3.05) is 33.7 Å². The third-order valence-electron chi connectivity index (χ3n) is 5.56. The zero-order chi connectivity index (χ0) is 13.6. The molecule has 5 atom stereocenters. The highest BCUT2D eigenvalue weighted by atomic mass is 16.2. The molecule has 108 valence electrons. The molecule has 2 saturated heterocycles. The molecule has 0 bridgehead atoms. The van der Waals surface area contributed by atoms with Crippen LogP contribution >= 0.6 is 0 Å². The molecule has 1 N–H and O–H groups in total. The molecule has 0 aromatic heterocycles. The topological polar surface area (TPSA) is 35.6 Å². The molecular weight excluding hydrogens is 238 g/mol. The molecule has 0 aromatic rings. The molecule has 5 unspecified atom stereocenters. The van der Waals surface area contributed by atoms with Crippen molar-refractivity contribution < 1.29 is 4.79 Å². The number of rotatable bonds is 2. The van der Waals surface area contributed by atoms with Gasteiger partial charge in [-0.15, -0.1) is 0 Å². The van der Waals surface area contributed by atoms with Crippen LogP contribution in [0.1, 0.15) is 26.2 Å². The van der Waals surface area contributed by atoms with E-state index in [1.807, 2.05) is 0 Å². The lowest BCUT2D eigenvalue weighted by atomic mass is 9.93. The third-order valence-corrected chi connectivity index (χ3v) is 5.56. The van der Waals surface area contributed by atoms with E-state index in [4.69, 9.17) is 0 Å². The van der Waals surface area contributed by atoms with Crippen LogP contribution in [0.2, 0.25) is 0 Å².